The van der Waals surface area contributed by atoms with E-state index in [0.29, 0.717) is 11.1 Å². The van der Waals surface area contributed by atoms with Crippen LogP contribution in [0.4, 0.5) is 5.69 Å². The number of nitrogens with zero attached hydrogens (tertiary/aromatic N) is 1. The summed E-state index contributed by atoms with van der Waals surface area (Å²) in [6, 6.07) is 13.6. The van der Waals surface area contributed by atoms with Crippen LogP contribution in [-0.2, 0) is 4.79 Å². The minimum atomic E-state index is 0.0612. The van der Waals surface area contributed by atoms with Crippen LogP contribution in [0.2, 0.25) is 5.15 Å². The van der Waals surface area contributed by atoms with E-state index in [1.165, 1.54) is 5.56 Å². The van der Waals surface area contributed by atoms with Gasteiger partial charge in [-0.3, -0.25) is 4.79 Å². The van der Waals surface area contributed by atoms with Gasteiger partial charge < -0.3 is 5.32 Å². The molecule has 3 rings (SSSR count). The second kappa shape index (κ2) is 5.25. The van der Waals surface area contributed by atoms with Gasteiger partial charge in [0.2, 0.25) is 5.91 Å². The van der Waals surface area contributed by atoms with Crippen LogP contribution >= 0.6 is 11.6 Å². The van der Waals surface area contributed by atoms with E-state index >= 15 is 0 Å². The molecule has 0 aliphatic heterocycles. The summed E-state index contributed by atoms with van der Waals surface area (Å²) in [5, 5.41) is 3.38. The van der Waals surface area contributed by atoms with Crippen molar-refractivity contribution in [1.29, 1.82) is 0 Å². The fourth-order valence-electron chi connectivity index (χ4n) is 2.44. The third kappa shape index (κ3) is 2.68. The number of carbonyl (C=O) groups is 1. The van der Waals surface area contributed by atoms with Crippen molar-refractivity contribution in [2.75, 3.05) is 5.32 Å². The van der Waals surface area contributed by atoms with Gasteiger partial charge in [0.1, 0.15) is 5.15 Å². The van der Waals surface area contributed by atoms with Crippen molar-refractivity contribution in [3.63, 3.8) is 0 Å². The molecule has 1 amide bonds. The Kier molecular flexibility index (Phi) is 3.45. The second-order valence-corrected chi connectivity index (χ2v) is 5.50. The predicted octanol–water partition coefficient (Wildman–Crippen LogP) is 3.79. The molecule has 1 fully saturated rings. The Morgan fingerprint density at radius 3 is 2.70 bits per heavy atom. The Balaban J connectivity index is 1.67. The summed E-state index contributed by atoms with van der Waals surface area (Å²) < 4.78 is 0. The lowest BCUT2D eigenvalue weighted by molar-refractivity contribution is -0.117. The molecule has 1 aliphatic rings. The van der Waals surface area contributed by atoms with Gasteiger partial charge in [-0.1, -0.05) is 41.9 Å². The number of anilines is 1. The van der Waals surface area contributed by atoms with Crippen molar-refractivity contribution in [3.8, 4) is 0 Å². The number of benzene rings is 1. The number of rotatable bonds is 3. The highest BCUT2D eigenvalue weighted by molar-refractivity contribution is 6.29. The molecule has 2 atom stereocenters. The van der Waals surface area contributed by atoms with Crippen LogP contribution in [-0.4, -0.2) is 10.9 Å². The number of hydrogen-bond acceptors (Lipinski definition) is 2. The van der Waals surface area contributed by atoms with Crippen LogP contribution in [0, 0.1) is 12.8 Å². The van der Waals surface area contributed by atoms with Crippen LogP contribution in [0.5, 0.6) is 0 Å². The number of amides is 1. The number of aryl methyl sites for hydroxylation is 1. The zero-order valence-corrected chi connectivity index (χ0v) is 11.9. The molecule has 1 saturated carbocycles. The highest BCUT2D eigenvalue weighted by atomic mass is 35.5. The van der Waals surface area contributed by atoms with Crippen molar-refractivity contribution in [3.05, 3.63) is 58.9 Å². The van der Waals surface area contributed by atoms with E-state index in [1.807, 2.05) is 25.1 Å². The maximum absolute atomic E-state index is 12.2. The topological polar surface area (TPSA) is 42.0 Å². The van der Waals surface area contributed by atoms with Gasteiger partial charge in [-0.15, -0.1) is 0 Å². The monoisotopic (exact) mass is 286 g/mol. The molecule has 4 heteroatoms. The second-order valence-electron chi connectivity index (χ2n) is 5.12. The molecule has 102 valence electrons. The lowest BCUT2D eigenvalue weighted by Crippen LogP contribution is -2.15. The van der Waals surface area contributed by atoms with Gasteiger partial charge in [0, 0.05) is 5.92 Å². The fourth-order valence-corrected chi connectivity index (χ4v) is 2.63. The van der Waals surface area contributed by atoms with Crippen LogP contribution < -0.4 is 5.32 Å². The normalized spacial score (nSPS) is 20.5. The molecule has 0 spiro atoms. The van der Waals surface area contributed by atoms with E-state index in [1.54, 1.807) is 12.1 Å². The van der Waals surface area contributed by atoms with E-state index in [9.17, 15) is 4.79 Å². The quantitative estimate of drug-likeness (QED) is 0.872. The van der Waals surface area contributed by atoms with Crippen LogP contribution in [0.15, 0.2) is 42.5 Å². The van der Waals surface area contributed by atoms with E-state index < -0.39 is 0 Å². The number of aromatic nitrogens is 1. The van der Waals surface area contributed by atoms with Crippen molar-refractivity contribution in [1.82, 2.24) is 4.98 Å². The number of halogens is 1. The Morgan fingerprint density at radius 2 is 2.00 bits per heavy atom. The molecule has 2 aromatic rings. The molecule has 1 aromatic heterocycles. The average Bonchev–Trinajstić information content (AvgIpc) is 3.23. The lowest BCUT2D eigenvalue weighted by Gasteiger charge is -2.07. The summed E-state index contributed by atoms with van der Waals surface area (Å²) in [6.45, 7) is 1.84. The molecule has 1 N–H and O–H groups in total. The number of hydrogen-bond donors (Lipinski definition) is 1. The summed E-state index contributed by atoms with van der Waals surface area (Å²) in [7, 11) is 0. The minimum absolute atomic E-state index is 0.0612. The lowest BCUT2D eigenvalue weighted by atomic mass is 10.1. The third-order valence-electron chi connectivity index (χ3n) is 3.66. The molecular formula is C16H15ClN2O. The molecule has 3 nitrogen and oxygen atoms in total. The number of carbonyl (C=O) groups excluding carboxylic acids is 1. The highest BCUT2D eigenvalue weighted by Crippen LogP contribution is 2.47. The Bertz CT molecular complexity index is 642. The maximum atomic E-state index is 12.2. The van der Waals surface area contributed by atoms with Crippen molar-refractivity contribution in [2.45, 2.75) is 19.3 Å². The molecule has 0 saturated heterocycles. The van der Waals surface area contributed by atoms with E-state index in [2.05, 4.69) is 22.4 Å². The predicted molar refractivity (Wildman–Crippen MR) is 79.9 cm³/mol. The molecule has 1 aromatic carbocycles. The van der Waals surface area contributed by atoms with Gasteiger partial charge in [0.05, 0.1) is 11.4 Å². The van der Waals surface area contributed by atoms with Gasteiger partial charge in [0.15, 0.2) is 0 Å². The largest absolute Gasteiger partial charge is 0.324 e. The first-order chi connectivity index (χ1) is 9.65. The van der Waals surface area contributed by atoms with Crippen LogP contribution in [0.25, 0.3) is 0 Å². The van der Waals surface area contributed by atoms with Crippen molar-refractivity contribution >= 4 is 23.2 Å². The van der Waals surface area contributed by atoms with E-state index in [0.717, 1.165) is 17.8 Å². The van der Waals surface area contributed by atoms with E-state index in [4.69, 9.17) is 11.6 Å². The summed E-state index contributed by atoms with van der Waals surface area (Å²) >= 11 is 5.81. The molecule has 0 bridgehead atoms. The maximum Gasteiger partial charge on any atom is 0.228 e. The number of nitrogens with one attached hydrogen (secondary N) is 1. The smallest absolute Gasteiger partial charge is 0.228 e. The van der Waals surface area contributed by atoms with Gasteiger partial charge >= 0.3 is 0 Å². The van der Waals surface area contributed by atoms with Gasteiger partial charge in [-0.2, -0.15) is 0 Å². The standard InChI is InChI=1S/C16H15ClN2O/c1-10-14(7-8-15(17)18-10)19-16(20)13-9-12(13)11-5-3-2-4-6-11/h2-8,12-13H,9H2,1H3,(H,19,20). The summed E-state index contributed by atoms with van der Waals surface area (Å²) in [5.41, 5.74) is 2.71. The third-order valence-corrected chi connectivity index (χ3v) is 3.88. The molecular weight excluding hydrogens is 272 g/mol. The summed E-state index contributed by atoms with van der Waals surface area (Å²) in [5.74, 6) is 0.468. The SMILES string of the molecule is Cc1nc(Cl)ccc1NC(=O)C1CC1c1ccccc1. The Labute approximate surface area is 123 Å². The fraction of sp³-hybridized carbons (Fsp3) is 0.250. The molecule has 20 heavy (non-hydrogen) atoms. The van der Waals surface area contributed by atoms with E-state index in [-0.39, 0.29) is 11.8 Å². The van der Waals surface area contributed by atoms with Gasteiger partial charge in [-0.25, -0.2) is 4.98 Å². The van der Waals surface area contributed by atoms with Crippen LogP contribution in [0.3, 0.4) is 0 Å². The van der Waals surface area contributed by atoms with Crippen molar-refractivity contribution in [2.24, 2.45) is 5.92 Å². The Hall–Kier alpha value is -1.87. The zero-order chi connectivity index (χ0) is 14.1. The first-order valence-corrected chi connectivity index (χ1v) is 7.02. The van der Waals surface area contributed by atoms with Crippen molar-refractivity contribution < 1.29 is 4.79 Å². The zero-order valence-electron chi connectivity index (χ0n) is 11.1. The average molecular weight is 287 g/mol. The van der Waals surface area contributed by atoms with Crippen LogP contribution in [0.1, 0.15) is 23.6 Å². The highest BCUT2D eigenvalue weighted by Gasteiger charge is 2.43. The van der Waals surface area contributed by atoms with Gasteiger partial charge in [-0.05, 0) is 37.0 Å². The molecule has 1 heterocycles. The molecule has 2 unspecified atom stereocenters. The first kappa shape index (κ1) is 13.1. The Morgan fingerprint density at radius 1 is 1.25 bits per heavy atom. The minimum Gasteiger partial charge on any atom is -0.324 e. The van der Waals surface area contributed by atoms with Gasteiger partial charge in [0.25, 0.3) is 0 Å². The molecule has 0 radical (unpaired) electrons. The summed E-state index contributed by atoms with van der Waals surface area (Å²) in [4.78, 5) is 16.4. The summed E-state index contributed by atoms with van der Waals surface area (Å²) in [6.07, 6.45) is 0.913. The first-order valence-electron chi connectivity index (χ1n) is 6.64. The molecule has 1 aliphatic carbocycles. The number of pyridine rings is 1.